The van der Waals surface area contributed by atoms with Crippen LogP contribution in [0.3, 0.4) is 0 Å². The molecule has 32 heavy (non-hydrogen) atoms. The van der Waals surface area contributed by atoms with E-state index in [2.05, 4.69) is 9.51 Å². The van der Waals surface area contributed by atoms with Crippen LogP contribution in [-0.4, -0.2) is 85.8 Å². The van der Waals surface area contributed by atoms with Crippen LogP contribution in [0.15, 0.2) is 24.5 Å². The highest BCUT2D eigenvalue weighted by atomic mass is 31.2. The number of unbranched alkanes of at least 4 members (excludes halogenated alkanes) is 1. The summed E-state index contributed by atoms with van der Waals surface area (Å²) in [5.41, 5.74) is 10.5. The number of carboxylic acid groups (broad SMARTS) is 1. The van der Waals surface area contributed by atoms with E-state index in [0.29, 0.717) is 13.0 Å². The minimum absolute atomic E-state index is 0.114. The molecule has 1 aromatic heterocycles. The number of aliphatic hydroxyl groups excluding tert-OH is 2. The summed E-state index contributed by atoms with van der Waals surface area (Å²) in [6.45, 7) is -0.0736. The third-order valence-corrected chi connectivity index (χ3v) is 4.62. The summed E-state index contributed by atoms with van der Waals surface area (Å²) in [7, 11) is -4.75. The van der Waals surface area contributed by atoms with Gasteiger partial charge in [-0.15, -0.1) is 0 Å². The molecule has 0 radical (unpaired) electrons. The third-order valence-electron chi connectivity index (χ3n) is 4.13. The Kier molecular flexibility index (Phi) is 11.8. The van der Waals surface area contributed by atoms with Gasteiger partial charge in [0.2, 0.25) is 6.29 Å². The van der Waals surface area contributed by atoms with Gasteiger partial charge in [-0.05, 0) is 31.5 Å². The van der Waals surface area contributed by atoms with Gasteiger partial charge in [-0.3, -0.25) is 14.3 Å². The first-order chi connectivity index (χ1) is 15.0. The number of rotatable bonds is 10. The normalized spacial score (nSPS) is 23.7. The fraction of sp³-hybridized carbons (Fsp3) is 0.588. The predicted octanol–water partition coefficient (Wildman–Crippen LogP) is -1.68. The number of nitrogens with two attached hydrogens (primary N) is 2. The van der Waals surface area contributed by atoms with E-state index in [9.17, 15) is 24.4 Å². The Hall–Kier alpha value is -2.00. The highest BCUT2D eigenvalue weighted by molar-refractivity contribution is 7.46. The molecule has 0 amide bonds. The van der Waals surface area contributed by atoms with E-state index in [1.165, 1.54) is 24.5 Å². The van der Waals surface area contributed by atoms with Crippen LogP contribution in [0.1, 0.15) is 29.6 Å². The standard InChI is InChI=1S/C11H14NO9P.C6H14N2O2/c13-8-7(5-19-22(16,17)18)20-11(9(8)14)21-10(15)6-2-1-3-12-4-6;7-4-2-1-3-5(8)6(9)10/h1-4,7-9,11,13-14H,5H2,(H2,16,17,18);5H,1-4,7-8H2,(H,9,10)/t7-,8-,9-,11-;/m1./s1. The molecule has 14 nitrogen and oxygen atoms in total. The number of nitrogens with zero attached hydrogens (tertiary/aromatic N) is 1. The van der Waals surface area contributed by atoms with Crippen molar-refractivity contribution in [3.05, 3.63) is 30.1 Å². The molecule has 9 N–H and O–H groups in total. The predicted molar refractivity (Wildman–Crippen MR) is 107 cm³/mol. The molecule has 1 aliphatic rings. The lowest BCUT2D eigenvalue weighted by molar-refractivity contribution is -0.139. The average Bonchev–Trinajstić information content (AvgIpc) is 3.00. The molecule has 1 saturated heterocycles. The topological polar surface area (TPSA) is 245 Å². The van der Waals surface area contributed by atoms with Gasteiger partial charge in [0.25, 0.3) is 0 Å². The van der Waals surface area contributed by atoms with E-state index in [0.717, 1.165) is 12.8 Å². The molecule has 0 bridgehead atoms. The maximum absolute atomic E-state index is 11.8. The fourth-order valence-corrected chi connectivity index (χ4v) is 2.75. The van der Waals surface area contributed by atoms with Crippen molar-refractivity contribution in [3.8, 4) is 0 Å². The number of aliphatic carboxylic acids is 1. The number of aromatic nitrogens is 1. The molecular weight excluding hydrogens is 453 g/mol. The molecule has 1 aromatic rings. The van der Waals surface area contributed by atoms with Crippen LogP contribution in [-0.2, 0) is 23.4 Å². The average molecular weight is 481 g/mol. The van der Waals surface area contributed by atoms with E-state index < -0.39 is 57.0 Å². The van der Waals surface area contributed by atoms with Crippen molar-refractivity contribution in [2.45, 2.75) is 49.9 Å². The number of carbonyl (C=O) groups excluding carboxylic acids is 1. The van der Waals surface area contributed by atoms with E-state index >= 15 is 0 Å². The van der Waals surface area contributed by atoms with Crippen molar-refractivity contribution in [2.24, 2.45) is 11.5 Å². The number of aliphatic hydroxyl groups is 2. The Morgan fingerprint density at radius 1 is 1.25 bits per heavy atom. The highest BCUT2D eigenvalue weighted by Gasteiger charge is 2.45. The molecule has 1 fully saturated rings. The monoisotopic (exact) mass is 481 g/mol. The van der Waals surface area contributed by atoms with Gasteiger partial charge in [0.05, 0.1) is 12.2 Å². The molecule has 2 rings (SSSR count). The summed E-state index contributed by atoms with van der Waals surface area (Å²) in [5.74, 6) is -1.77. The van der Waals surface area contributed by atoms with Crippen LogP contribution in [0.4, 0.5) is 0 Å². The van der Waals surface area contributed by atoms with Crippen molar-refractivity contribution >= 4 is 19.8 Å². The molecule has 1 aliphatic heterocycles. The molecule has 1 unspecified atom stereocenters. The Morgan fingerprint density at radius 2 is 1.94 bits per heavy atom. The van der Waals surface area contributed by atoms with Crippen LogP contribution < -0.4 is 11.5 Å². The number of ether oxygens (including phenoxy) is 2. The maximum Gasteiger partial charge on any atom is 0.469 e. The van der Waals surface area contributed by atoms with Crippen LogP contribution in [0, 0.1) is 0 Å². The Bertz CT molecular complexity index is 763. The Labute approximate surface area is 183 Å². The lowest BCUT2D eigenvalue weighted by Crippen LogP contribution is -2.35. The smallest absolute Gasteiger partial charge is 0.469 e. The first-order valence-electron chi connectivity index (χ1n) is 9.47. The van der Waals surface area contributed by atoms with Gasteiger partial charge in [-0.25, -0.2) is 9.36 Å². The molecule has 0 spiro atoms. The number of esters is 1. The van der Waals surface area contributed by atoms with Crippen molar-refractivity contribution in [3.63, 3.8) is 0 Å². The minimum atomic E-state index is -4.75. The second-order valence-electron chi connectivity index (χ2n) is 6.69. The molecular formula is C17H28N3O11P. The van der Waals surface area contributed by atoms with Crippen LogP contribution in [0.25, 0.3) is 0 Å². The quantitative estimate of drug-likeness (QED) is 0.112. The second-order valence-corrected chi connectivity index (χ2v) is 7.93. The second kappa shape index (κ2) is 13.5. The lowest BCUT2D eigenvalue weighted by Gasteiger charge is -2.15. The zero-order valence-corrected chi connectivity index (χ0v) is 17.9. The van der Waals surface area contributed by atoms with Crippen LogP contribution >= 0.6 is 7.82 Å². The number of phosphoric ester groups is 1. The SMILES string of the molecule is NCCCCC(N)C(=O)O.O=C(O[C@H]1O[C@H](COP(=O)(O)O)[C@@H](O)[C@H]1O)c1cccnc1. The number of carbonyl (C=O) groups is 2. The fourth-order valence-electron chi connectivity index (χ4n) is 2.41. The van der Waals surface area contributed by atoms with Gasteiger partial charge >= 0.3 is 19.8 Å². The van der Waals surface area contributed by atoms with Crippen LogP contribution in [0.5, 0.6) is 0 Å². The Morgan fingerprint density at radius 3 is 2.47 bits per heavy atom. The van der Waals surface area contributed by atoms with Crippen molar-refractivity contribution in [1.29, 1.82) is 0 Å². The van der Waals surface area contributed by atoms with Gasteiger partial charge in [-0.2, -0.15) is 0 Å². The molecule has 5 atom stereocenters. The number of carboxylic acids is 1. The summed E-state index contributed by atoms with van der Waals surface area (Å²) in [4.78, 5) is 42.8. The zero-order valence-electron chi connectivity index (χ0n) is 17.0. The minimum Gasteiger partial charge on any atom is -0.480 e. The largest absolute Gasteiger partial charge is 0.480 e. The van der Waals surface area contributed by atoms with Crippen molar-refractivity contribution in [1.82, 2.24) is 4.98 Å². The van der Waals surface area contributed by atoms with Gasteiger partial charge in [0, 0.05) is 12.4 Å². The first-order valence-corrected chi connectivity index (χ1v) is 11.0. The van der Waals surface area contributed by atoms with E-state index in [1.807, 2.05) is 0 Å². The van der Waals surface area contributed by atoms with Gasteiger partial charge in [0.15, 0.2) is 0 Å². The number of hydrogen-bond donors (Lipinski definition) is 7. The molecule has 0 aliphatic carbocycles. The summed E-state index contributed by atoms with van der Waals surface area (Å²) in [6.07, 6.45) is -0.991. The zero-order chi connectivity index (χ0) is 24.3. The molecule has 15 heteroatoms. The number of pyridine rings is 1. The third kappa shape index (κ3) is 10.1. The number of phosphoric acid groups is 1. The molecule has 2 heterocycles. The van der Waals surface area contributed by atoms with Crippen LogP contribution in [0.2, 0.25) is 0 Å². The lowest BCUT2D eigenvalue weighted by atomic mass is 10.1. The summed E-state index contributed by atoms with van der Waals surface area (Å²) in [6, 6.07) is 2.22. The number of hydrogen-bond acceptors (Lipinski definition) is 11. The summed E-state index contributed by atoms with van der Waals surface area (Å²) in [5, 5.41) is 27.8. The maximum atomic E-state index is 11.8. The van der Waals surface area contributed by atoms with E-state index in [1.54, 1.807) is 0 Å². The van der Waals surface area contributed by atoms with E-state index in [4.69, 9.17) is 35.8 Å². The molecule has 0 aromatic carbocycles. The van der Waals surface area contributed by atoms with Crippen molar-refractivity contribution < 1.29 is 53.3 Å². The highest BCUT2D eigenvalue weighted by Crippen LogP contribution is 2.37. The van der Waals surface area contributed by atoms with Gasteiger partial charge in [-0.1, -0.05) is 6.42 Å². The van der Waals surface area contributed by atoms with Gasteiger partial charge in [0.1, 0.15) is 24.4 Å². The van der Waals surface area contributed by atoms with E-state index in [-0.39, 0.29) is 5.56 Å². The van der Waals surface area contributed by atoms with Crippen molar-refractivity contribution in [2.75, 3.05) is 13.2 Å². The first kappa shape index (κ1) is 28.0. The summed E-state index contributed by atoms with van der Waals surface area (Å²) < 4.78 is 24.7. The van der Waals surface area contributed by atoms with Gasteiger partial charge < -0.3 is 46.0 Å². The molecule has 0 saturated carbocycles. The summed E-state index contributed by atoms with van der Waals surface area (Å²) >= 11 is 0. The Balaban J connectivity index is 0.000000433. The molecule has 182 valence electrons.